The summed E-state index contributed by atoms with van der Waals surface area (Å²) in [6.07, 6.45) is -0.311. The fraction of sp³-hybridized carbons (Fsp3) is 0.744. The molecule has 14 atom stereocenters. The number of hydroxylamine groups is 1. The number of esters is 1. The molecule has 2 aromatic rings. The second kappa shape index (κ2) is 19.7. The van der Waals surface area contributed by atoms with E-state index in [1.54, 1.807) is 46.0 Å². The number of aromatic nitrogens is 3. The van der Waals surface area contributed by atoms with Crippen molar-refractivity contribution in [3.05, 3.63) is 41.7 Å². The van der Waals surface area contributed by atoms with Gasteiger partial charge in [0, 0.05) is 49.2 Å². The molecule has 3 N–H and O–H groups in total. The Labute approximate surface area is 369 Å². The van der Waals surface area contributed by atoms with Crippen LogP contribution in [0.5, 0.6) is 0 Å². The first-order valence-electron chi connectivity index (χ1n) is 21.8. The summed E-state index contributed by atoms with van der Waals surface area (Å²) in [7, 11) is -1.50. The van der Waals surface area contributed by atoms with Crippen LogP contribution in [0.1, 0.15) is 85.0 Å². The van der Waals surface area contributed by atoms with E-state index in [1.807, 2.05) is 25.8 Å². The predicted molar refractivity (Wildman–Crippen MR) is 224 cm³/mol. The number of hydrogen-bond donors (Lipinski definition) is 2. The minimum Gasteiger partial charge on any atom is -0.459 e. The number of benzene rings is 1. The number of aliphatic hydroxyl groups is 1. The maximum absolute atomic E-state index is 14.3. The molecule has 0 saturated carbocycles. The number of sulfone groups is 1. The minimum absolute atomic E-state index is 0.0311. The zero-order valence-electron chi connectivity index (χ0n) is 37.7. The molecule has 20 heteroatoms. The number of ketones is 2. The molecule has 4 saturated heterocycles. The predicted octanol–water partition coefficient (Wildman–Crippen LogP) is 2.56. The second-order valence-electron chi connectivity index (χ2n) is 18.4. The van der Waals surface area contributed by atoms with Crippen LogP contribution in [0.2, 0.25) is 0 Å². The Morgan fingerprint density at radius 1 is 1.08 bits per heavy atom. The Hall–Kier alpha value is -3.31. The smallest absolute Gasteiger partial charge is 0.316 e. The summed E-state index contributed by atoms with van der Waals surface area (Å²) in [4.78, 5) is 50.1. The largest absolute Gasteiger partial charge is 0.459 e. The van der Waals surface area contributed by atoms with E-state index in [0.29, 0.717) is 31.5 Å². The Balaban J connectivity index is 1.17. The lowest BCUT2D eigenvalue weighted by Crippen LogP contribution is -2.68. The van der Waals surface area contributed by atoms with Gasteiger partial charge in [0.1, 0.15) is 36.2 Å². The monoisotopic (exact) mass is 908 g/mol. The number of alkyl halides is 1. The third-order valence-electron chi connectivity index (χ3n) is 13.7. The van der Waals surface area contributed by atoms with E-state index in [1.165, 1.54) is 23.7 Å². The van der Waals surface area contributed by atoms with Gasteiger partial charge in [-0.1, -0.05) is 38.1 Å². The van der Waals surface area contributed by atoms with Crippen molar-refractivity contribution in [3.63, 3.8) is 0 Å². The molecular weight excluding hydrogens is 844 g/mol. The summed E-state index contributed by atoms with van der Waals surface area (Å²) in [6.45, 7) is 11.6. The lowest BCUT2D eigenvalue weighted by molar-refractivity contribution is -0.366. The van der Waals surface area contributed by atoms with E-state index >= 15 is 0 Å². The number of nitrogens with zero attached hydrogens (tertiary/aromatic N) is 5. The molecule has 0 spiro atoms. The molecule has 0 aliphatic carbocycles. The number of nitrogens with two attached hydrogens (primary N) is 1. The number of carbonyl (C=O) groups excluding carboxylic acids is 3. The summed E-state index contributed by atoms with van der Waals surface area (Å²) >= 11 is 0. The van der Waals surface area contributed by atoms with Crippen molar-refractivity contribution in [1.29, 1.82) is 0 Å². The second-order valence-corrected chi connectivity index (χ2v) is 20.4. The third-order valence-corrected chi connectivity index (χ3v) is 14.8. The number of aliphatic hydroxyl groups excluding tert-OH is 1. The van der Waals surface area contributed by atoms with E-state index in [-0.39, 0.29) is 43.0 Å². The number of ether oxygens (including phenoxy) is 5. The fourth-order valence-corrected chi connectivity index (χ4v) is 10.5. The van der Waals surface area contributed by atoms with Crippen molar-refractivity contribution in [3.8, 4) is 0 Å². The number of fused-ring (bicyclic) bond motifs is 3. The summed E-state index contributed by atoms with van der Waals surface area (Å²) < 4.78 is 70.9. The van der Waals surface area contributed by atoms with Gasteiger partial charge in [-0.05, 0) is 78.1 Å². The normalized spacial score (nSPS) is 36.8. The number of likely N-dealkylation sites (N-methyl/N-ethyl adjacent to an activating group) is 1. The van der Waals surface area contributed by atoms with Gasteiger partial charge < -0.3 is 33.7 Å². The average molecular weight is 909 g/mol. The van der Waals surface area contributed by atoms with Crippen molar-refractivity contribution >= 4 is 27.4 Å². The highest BCUT2D eigenvalue weighted by atomic mass is 32.2. The van der Waals surface area contributed by atoms with Crippen LogP contribution in [0.25, 0.3) is 0 Å². The van der Waals surface area contributed by atoms with Gasteiger partial charge in [0.05, 0.1) is 47.1 Å². The van der Waals surface area contributed by atoms with Crippen LogP contribution in [0.4, 0.5) is 4.39 Å². The Kier molecular flexibility index (Phi) is 15.3. The minimum atomic E-state index is -3.36. The van der Waals surface area contributed by atoms with Crippen molar-refractivity contribution in [2.45, 2.75) is 145 Å². The molecule has 0 amide bonds. The van der Waals surface area contributed by atoms with Crippen LogP contribution in [0.15, 0.2) is 35.4 Å². The van der Waals surface area contributed by atoms with E-state index in [0.717, 1.165) is 17.0 Å². The molecule has 2 bridgehead atoms. The van der Waals surface area contributed by atoms with E-state index < -0.39 is 106 Å². The van der Waals surface area contributed by atoms with Gasteiger partial charge in [0.15, 0.2) is 28.7 Å². The highest BCUT2D eigenvalue weighted by Gasteiger charge is 2.58. The number of halogens is 1. The maximum Gasteiger partial charge on any atom is 0.316 e. The lowest BCUT2D eigenvalue weighted by atomic mass is 9.74. The highest BCUT2D eigenvalue weighted by Crippen LogP contribution is 2.44. The molecule has 0 radical (unpaired) electrons. The Morgan fingerprint density at radius 2 is 1.78 bits per heavy atom. The molecule has 352 valence electrons. The van der Waals surface area contributed by atoms with E-state index in [9.17, 15) is 32.3 Å². The molecular formula is C43H65FN6O12S. The van der Waals surface area contributed by atoms with Crippen LogP contribution >= 0.6 is 0 Å². The first-order chi connectivity index (χ1) is 29.6. The highest BCUT2D eigenvalue weighted by molar-refractivity contribution is 7.90. The van der Waals surface area contributed by atoms with E-state index in [4.69, 9.17) is 34.4 Å². The molecule has 4 aliphatic heterocycles. The van der Waals surface area contributed by atoms with Gasteiger partial charge in [-0.2, -0.15) is 0 Å². The standard InChI is InChI=1S/C43H65FN6O12S/c1-10-34-43(7)38(50(45)59-23-58-43)25(3)36(52)29-19-42(6,57-22-29)39(26(4)35(51)27(5)40(54)61-34)62-41-37(53)33(17-24(2)60-41)48(8)16-15-30-21-49(47-46-30)31(20-44)18-28-11-13-32(14-12-28)63(9,55)56/h11-14,21,24-27,29,31,33-34,37-39,41,53H,10,15-20,22-23,45H2,1-9H3/t24-,25+,26+,27-,29+,31+,33+,34-,37-,38-,39-,41+,42-,43-/m1/s1. The fourth-order valence-electron chi connectivity index (χ4n) is 9.89. The number of rotatable bonds is 12. The van der Waals surface area contributed by atoms with Gasteiger partial charge in [-0.3, -0.25) is 19.2 Å². The number of hydrazine groups is 1. The van der Waals surface area contributed by atoms with Crippen molar-refractivity contribution in [2.75, 3.05) is 39.9 Å². The quantitative estimate of drug-likeness (QED) is 0.177. The van der Waals surface area contributed by atoms with E-state index in [2.05, 4.69) is 10.3 Å². The molecule has 0 unspecified atom stereocenters. The van der Waals surface area contributed by atoms with Gasteiger partial charge >= 0.3 is 5.97 Å². The third kappa shape index (κ3) is 10.4. The first-order valence-corrected chi connectivity index (χ1v) is 23.7. The summed E-state index contributed by atoms with van der Waals surface area (Å²) in [5, 5.41) is 21.5. The van der Waals surface area contributed by atoms with Crippen LogP contribution in [0, 0.1) is 23.7 Å². The molecule has 5 heterocycles. The first kappa shape index (κ1) is 49.1. The molecule has 1 aromatic heterocycles. The van der Waals surface area contributed by atoms with Gasteiger partial charge in [0.25, 0.3) is 0 Å². The van der Waals surface area contributed by atoms with Crippen molar-refractivity contribution in [2.24, 2.45) is 29.5 Å². The summed E-state index contributed by atoms with van der Waals surface area (Å²) in [6, 6.07) is 4.35. The van der Waals surface area contributed by atoms with Crippen LogP contribution in [-0.4, -0.2) is 150 Å². The summed E-state index contributed by atoms with van der Waals surface area (Å²) in [5.41, 5.74) is -1.13. The number of carbonyl (C=O) groups is 3. The molecule has 6 rings (SSSR count). The number of cyclic esters (lactones) is 1. The van der Waals surface area contributed by atoms with Crippen molar-refractivity contribution in [1.82, 2.24) is 25.1 Å². The lowest BCUT2D eigenvalue weighted by Gasteiger charge is -2.50. The average Bonchev–Trinajstić information content (AvgIpc) is 3.89. The van der Waals surface area contributed by atoms with Crippen LogP contribution < -0.4 is 5.84 Å². The van der Waals surface area contributed by atoms with Gasteiger partial charge in [-0.25, -0.2) is 23.3 Å². The molecule has 4 aliphatic rings. The maximum atomic E-state index is 14.3. The van der Waals surface area contributed by atoms with Gasteiger partial charge in [-0.15, -0.1) is 10.3 Å². The van der Waals surface area contributed by atoms with Crippen molar-refractivity contribution < 1.29 is 60.8 Å². The molecule has 4 fully saturated rings. The Bertz CT molecular complexity index is 2040. The van der Waals surface area contributed by atoms with Crippen LogP contribution in [0.3, 0.4) is 0 Å². The zero-order valence-corrected chi connectivity index (χ0v) is 38.5. The Morgan fingerprint density at radius 3 is 2.43 bits per heavy atom. The topological polar surface area (TPSA) is 224 Å². The summed E-state index contributed by atoms with van der Waals surface area (Å²) in [5.74, 6) is 1.36. The number of Topliss-reactive ketones (excluding diaryl/α,β-unsaturated/α-hetero) is 2. The zero-order chi connectivity index (χ0) is 46.2. The SMILES string of the molecule is CC[C@H]1OC(=O)[C@H](C)C(=O)[C@H](C)[C@@H](O[C@@H]2O[C@H](C)C[C@H](N(C)CCc3cn([C@H](CF)Cc4ccc(S(C)(=O)=O)cc4)nn3)[C@H]2O)[C@@]2(C)C[C@@H](CO2)C(=O)[C@H](C)[C@H]2N(N)OCO[C@]12C. The number of hydrogen-bond acceptors (Lipinski definition) is 17. The molecule has 18 nitrogen and oxygen atoms in total. The molecule has 63 heavy (non-hydrogen) atoms. The molecule has 1 aromatic carbocycles. The van der Waals surface area contributed by atoms with Crippen LogP contribution in [-0.2, 0) is 65.6 Å². The van der Waals surface area contributed by atoms with Gasteiger partial charge in [0.2, 0.25) is 0 Å².